The Bertz CT molecular complexity index is 818. The normalized spacial score (nSPS) is 10.7. The molecule has 0 aliphatic carbocycles. The lowest BCUT2D eigenvalue weighted by molar-refractivity contribution is -0.115. The standard InChI is InChI=1S/C16H17N3O4S/c1-12-7-9-14(10-8-12)24(22,23)19-16(21)17-11-15(20)18-13-5-3-2-4-6-13/h2-10H,11H2,1H3,(H,18,20)(H2,17,19,21). The molecule has 0 saturated heterocycles. The zero-order valence-electron chi connectivity index (χ0n) is 12.9. The molecule has 2 rings (SSSR count). The molecule has 0 radical (unpaired) electrons. The number of urea groups is 1. The third-order valence-corrected chi connectivity index (χ3v) is 4.37. The van der Waals surface area contributed by atoms with Gasteiger partial charge in [-0.15, -0.1) is 0 Å². The quantitative estimate of drug-likeness (QED) is 0.764. The van der Waals surface area contributed by atoms with Gasteiger partial charge in [0.25, 0.3) is 10.0 Å². The Morgan fingerprint density at radius 1 is 0.958 bits per heavy atom. The van der Waals surface area contributed by atoms with Gasteiger partial charge >= 0.3 is 6.03 Å². The van der Waals surface area contributed by atoms with Crippen molar-refractivity contribution in [2.75, 3.05) is 11.9 Å². The number of anilines is 1. The highest BCUT2D eigenvalue weighted by atomic mass is 32.2. The van der Waals surface area contributed by atoms with Crippen molar-refractivity contribution < 1.29 is 18.0 Å². The van der Waals surface area contributed by atoms with Gasteiger partial charge in [0.15, 0.2) is 0 Å². The van der Waals surface area contributed by atoms with Gasteiger partial charge in [-0.3, -0.25) is 4.79 Å². The Labute approximate surface area is 140 Å². The molecular weight excluding hydrogens is 330 g/mol. The van der Waals surface area contributed by atoms with Gasteiger partial charge in [0.05, 0.1) is 11.4 Å². The van der Waals surface area contributed by atoms with Gasteiger partial charge in [0.2, 0.25) is 5.91 Å². The van der Waals surface area contributed by atoms with E-state index in [1.54, 1.807) is 42.5 Å². The minimum atomic E-state index is -3.98. The second-order valence-electron chi connectivity index (χ2n) is 5.02. The molecule has 0 heterocycles. The first-order valence-corrected chi connectivity index (χ1v) is 8.57. The molecule has 3 amide bonds. The Morgan fingerprint density at radius 2 is 1.58 bits per heavy atom. The van der Waals surface area contributed by atoms with E-state index in [1.807, 2.05) is 11.6 Å². The number of para-hydroxylation sites is 1. The maximum absolute atomic E-state index is 12.0. The van der Waals surface area contributed by atoms with Gasteiger partial charge in [-0.2, -0.15) is 0 Å². The number of aryl methyl sites for hydroxylation is 1. The SMILES string of the molecule is Cc1ccc(S(=O)(=O)NC(=O)NCC(=O)Nc2ccccc2)cc1. The second kappa shape index (κ2) is 7.60. The summed E-state index contributed by atoms with van der Waals surface area (Å²) in [5.41, 5.74) is 1.48. The van der Waals surface area contributed by atoms with E-state index in [2.05, 4.69) is 10.6 Å². The van der Waals surface area contributed by atoms with Crippen molar-refractivity contribution >= 4 is 27.6 Å². The molecule has 0 aliphatic rings. The van der Waals surface area contributed by atoms with E-state index in [1.165, 1.54) is 12.1 Å². The minimum Gasteiger partial charge on any atom is -0.328 e. The van der Waals surface area contributed by atoms with Crippen molar-refractivity contribution in [1.82, 2.24) is 10.0 Å². The van der Waals surface area contributed by atoms with Crippen molar-refractivity contribution in [3.63, 3.8) is 0 Å². The van der Waals surface area contributed by atoms with Crippen LogP contribution >= 0.6 is 0 Å². The molecule has 7 nitrogen and oxygen atoms in total. The van der Waals surface area contributed by atoms with Crippen LogP contribution in [0.4, 0.5) is 10.5 Å². The highest BCUT2D eigenvalue weighted by molar-refractivity contribution is 7.90. The molecule has 8 heteroatoms. The largest absolute Gasteiger partial charge is 0.329 e. The van der Waals surface area contributed by atoms with Crippen molar-refractivity contribution in [3.8, 4) is 0 Å². The van der Waals surface area contributed by atoms with Gasteiger partial charge in [-0.1, -0.05) is 35.9 Å². The highest BCUT2D eigenvalue weighted by Crippen LogP contribution is 2.09. The molecule has 24 heavy (non-hydrogen) atoms. The molecule has 2 aromatic rings. The van der Waals surface area contributed by atoms with E-state index < -0.39 is 22.0 Å². The highest BCUT2D eigenvalue weighted by Gasteiger charge is 2.17. The van der Waals surface area contributed by atoms with Crippen LogP contribution in [0.3, 0.4) is 0 Å². The average Bonchev–Trinajstić information content (AvgIpc) is 2.54. The van der Waals surface area contributed by atoms with Gasteiger partial charge in [0.1, 0.15) is 0 Å². The maximum Gasteiger partial charge on any atom is 0.329 e. The van der Waals surface area contributed by atoms with Gasteiger partial charge in [0, 0.05) is 5.69 Å². The molecule has 3 N–H and O–H groups in total. The molecule has 0 bridgehead atoms. The fraction of sp³-hybridized carbons (Fsp3) is 0.125. The topological polar surface area (TPSA) is 104 Å². The number of amides is 3. The number of nitrogens with one attached hydrogen (secondary N) is 3. The van der Waals surface area contributed by atoms with Crippen LogP contribution in [-0.4, -0.2) is 26.9 Å². The first kappa shape index (κ1) is 17.5. The van der Waals surface area contributed by atoms with E-state index in [-0.39, 0.29) is 11.4 Å². The number of carbonyl (C=O) groups excluding carboxylic acids is 2. The summed E-state index contributed by atoms with van der Waals surface area (Å²) < 4.78 is 25.9. The molecule has 126 valence electrons. The summed E-state index contributed by atoms with van der Waals surface area (Å²) in [4.78, 5) is 23.3. The first-order valence-electron chi connectivity index (χ1n) is 7.09. The Balaban J connectivity index is 1.86. The van der Waals surface area contributed by atoms with Crippen LogP contribution < -0.4 is 15.4 Å². The third-order valence-electron chi connectivity index (χ3n) is 3.03. The van der Waals surface area contributed by atoms with Crippen LogP contribution in [-0.2, 0) is 14.8 Å². The maximum atomic E-state index is 12.0. The number of hydrogen-bond acceptors (Lipinski definition) is 4. The minimum absolute atomic E-state index is 0.0306. The molecule has 0 unspecified atom stereocenters. The molecule has 0 aromatic heterocycles. The summed E-state index contributed by atoms with van der Waals surface area (Å²) in [6.45, 7) is 1.46. The third kappa shape index (κ3) is 5.10. The fourth-order valence-corrected chi connectivity index (χ4v) is 2.75. The zero-order valence-corrected chi connectivity index (χ0v) is 13.8. The average molecular weight is 347 g/mol. The lowest BCUT2D eigenvalue weighted by atomic mass is 10.2. The summed E-state index contributed by atoms with van der Waals surface area (Å²) >= 11 is 0. The molecule has 0 atom stereocenters. The van der Waals surface area contributed by atoms with Gasteiger partial charge in [-0.05, 0) is 31.2 Å². The van der Waals surface area contributed by atoms with E-state index in [9.17, 15) is 18.0 Å². The van der Waals surface area contributed by atoms with Crippen molar-refractivity contribution in [2.24, 2.45) is 0 Å². The molecule has 2 aromatic carbocycles. The second-order valence-corrected chi connectivity index (χ2v) is 6.70. The van der Waals surface area contributed by atoms with Gasteiger partial charge in [-0.25, -0.2) is 17.9 Å². The predicted octanol–water partition coefficient (Wildman–Crippen LogP) is 1.62. The van der Waals surface area contributed by atoms with E-state index >= 15 is 0 Å². The van der Waals surface area contributed by atoms with Crippen molar-refractivity contribution in [2.45, 2.75) is 11.8 Å². The molecular formula is C16H17N3O4S. The lowest BCUT2D eigenvalue weighted by Gasteiger charge is -2.09. The monoisotopic (exact) mass is 347 g/mol. The van der Waals surface area contributed by atoms with Crippen molar-refractivity contribution in [3.05, 3.63) is 60.2 Å². The Kier molecular flexibility index (Phi) is 5.54. The smallest absolute Gasteiger partial charge is 0.328 e. The summed E-state index contributed by atoms with van der Waals surface area (Å²) in [6.07, 6.45) is 0. The van der Waals surface area contributed by atoms with E-state index in [0.717, 1.165) is 5.56 Å². The number of rotatable bonds is 5. The summed E-state index contributed by atoms with van der Waals surface area (Å²) in [5.74, 6) is -0.468. The summed E-state index contributed by atoms with van der Waals surface area (Å²) in [5, 5.41) is 4.77. The van der Waals surface area contributed by atoms with Crippen LogP contribution in [0.2, 0.25) is 0 Å². The molecule has 0 aliphatic heterocycles. The number of sulfonamides is 1. The van der Waals surface area contributed by atoms with Crippen LogP contribution in [0.15, 0.2) is 59.5 Å². The Morgan fingerprint density at radius 3 is 2.21 bits per heavy atom. The Hall–Kier alpha value is -2.87. The number of carbonyl (C=O) groups is 2. The summed E-state index contributed by atoms with van der Waals surface area (Å²) in [7, 11) is -3.98. The van der Waals surface area contributed by atoms with Crippen LogP contribution in [0.25, 0.3) is 0 Å². The lowest BCUT2D eigenvalue weighted by Crippen LogP contribution is -2.42. The zero-order chi connectivity index (χ0) is 17.6. The number of benzene rings is 2. The summed E-state index contributed by atoms with van der Waals surface area (Å²) in [6, 6.07) is 13.8. The number of hydrogen-bond donors (Lipinski definition) is 3. The molecule has 0 saturated carbocycles. The van der Waals surface area contributed by atoms with Crippen LogP contribution in [0.5, 0.6) is 0 Å². The van der Waals surface area contributed by atoms with E-state index in [4.69, 9.17) is 0 Å². The van der Waals surface area contributed by atoms with Gasteiger partial charge < -0.3 is 10.6 Å². The van der Waals surface area contributed by atoms with Crippen molar-refractivity contribution in [1.29, 1.82) is 0 Å². The molecule has 0 spiro atoms. The van der Waals surface area contributed by atoms with Crippen LogP contribution in [0.1, 0.15) is 5.56 Å². The fourth-order valence-electron chi connectivity index (χ4n) is 1.82. The predicted molar refractivity (Wildman–Crippen MR) is 90.0 cm³/mol. The first-order chi connectivity index (χ1) is 11.4. The van der Waals surface area contributed by atoms with Crippen LogP contribution in [0, 0.1) is 6.92 Å². The molecule has 0 fully saturated rings. The van der Waals surface area contributed by atoms with E-state index in [0.29, 0.717) is 5.69 Å².